The number of piperidine rings is 1. The third-order valence-electron chi connectivity index (χ3n) is 3.61. The van der Waals surface area contributed by atoms with Crippen molar-refractivity contribution in [3.05, 3.63) is 23.2 Å². The summed E-state index contributed by atoms with van der Waals surface area (Å²) in [4.78, 5) is 0.154. The van der Waals surface area contributed by atoms with Gasteiger partial charge in [0.1, 0.15) is 0 Å². The summed E-state index contributed by atoms with van der Waals surface area (Å²) in [7, 11) is -3.59. The maximum Gasteiger partial charge on any atom is 0.243 e. The molecule has 0 amide bonds. The molecule has 7 heteroatoms. The smallest absolute Gasteiger partial charge is 0.243 e. The zero-order valence-corrected chi connectivity index (χ0v) is 12.7. The Morgan fingerprint density at radius 3 is 2.80 bits per heavy atom. The first-order valence-corrected chi connectivity index (χ1v) is 8.46. The normalized spacial score (nSPS) is 21.0. The second kappa shape index (κ2) is 6.30. The lowest BCUT2D eigenvalue weighted by atomic mass is 10.0. The highest BCUT2D eigenvalue weighted by Crippen LogP contribution is 2.29. The summed E-state index contributed by atoms with van der Waals surface area (Å²) >= 11 is 5.91. The van der Waals surface area contributed by atoms with Crippen LogP contribution in [-0.2, 0) is 10.0 Å². The Labute approximate surface area is 124 Å². The van der Waals surface area contributed by atoms with Crippen molar-refractivity contribution < 1.29 is 13.5 Å². The minimum atomic E-state index is -3.59. The van der Waals surface area contributed by atoms with Crippen LogP contribution >= 0.6 is 11.6 Å². The van der Waals surface area contributed by atoms with Gasteiger partial charge in [-0.15, -0.1) is 0 Å². The second-order valence-electron chi connectivity index (χ2n) is 4.96. The third kappa shape index (κ3) is 3.09. The minimum Gasteiger partial charge on any atom is -0.398 e. The Balaban J connectivity index is 2.34. The molecule has 1 aliphatic heterocycles. The number of nitrogens with two attached hydrogens (primary N) is 1. The van der Waals surface area contributed by atoms with Gasteiger partial charge in [0, 0.05) is 19.2 Å². The number of nitrogen functional groups attached to an aromatic ring is 1. The molecule has 1 saturated heterocycles. The standard InChI is InChI=1S/C13H19ClN2O3S/c14-12-9-11(4-5-13(12)15)20(18,19)16-7-2-1-3-10(16)6-8-17/h4-5,9-10,17H,1-3,6-8,15H2. The Bertz CT molecular complexity index is 575. The second-order valence-corrected chi connectivity index (χ2v) is 7.26. The van der Waals surface area contributed by atoms with Gasteiger partial charge in [-0.3, -0.25) is 0 Å². The van der Waals surface area contributed by atoms with Crippen molar-refractivity contribution >= 4 is 27.3 Å². The van der Waals surface area contributed by atoms with Gasteiger partial charge in [-0.2, -0.15) is 4.31 Å². The average Bonchev–Trinajstić information content (AvgIpc) is 2.42. The van der Waals surface area contributed by atoms with Crippen LogP contribution in [0.4, 0.5) is 5.69 Å². The van der Waals surface area contributed by atoms with Crippen LogP contribution in [0.2, 0.25) is 5.02 Å². The highest BCUT2D eigenvalue weighted by atomic mass is 35.5. The van der Waals surface area contributed by atoms with Crippen LogP contribution in [0.25, 0.3) is 0 Å². The molecule has 0 aromatic heterocycles. The van der Waals surface area contributed by atoms with Gasteiger partial charge < -0.3 is 10.8 Å². The number of aliphatic hydroxyl groups excluding tert-OH is 1. The number of hydrogen-bond donors (Lipinski definition) is 2. The van der Waals surface area contributed by atoms with E-state index in [9.17, 15) is 8.42 Å². The fraction of sp³-hybridized carbons (Fsp3) is 0.538. The topological polar surface area (TPSA) is 83.6 Å². The number of sulfonamides is 1. The molecule has 0 aliphatic carbocycles. The van der Waals surface area contributed by atoms with E-state index in [1.54, 1.807) is 0 Å². The zero-order chi connectivity index (χ0) is 14.8. The molecule has 1 heterocycles. The van der Waals surface area contributed by atoms with Crippen LogP contribution < -0.4 is 5.73 Å². The fourth-order valence-electron chi connectivity index (χ4n) is 2.53. The van der Waals surface area contributed by atoms with Crippen molar-refractivity contribution in [1.82, 2.24) is 4.31 Å². The number of halogens is 1. The van der Waals surface area contributed by atoms with Crippen LogP contribution in [-0.4, -0.2) is 37.0 Å². The van der Waals surface area contributed by atoms with E-state index >= 15 is 0 Å². The lowest BCUT2D eigenvalue weighted by Gasteiger charge is -2.34. The Morgan fingerprint density at radius 1 is 1.40 bits per heavy atom. The summed E-state index contributed by atoms with van der Waals surface area (Å²) in [5.74, 6) is 0. The monoisotopic (exact) mass is 318 g/mol. The number of rotatable bonds is 4. The number of aliphatic hydroxyl groups is 1. The molecule has 1 aromatic rings. The summed E-state index contributed by atoms with van der Waals surface area (Å²) in [6.45, 7) is 0.466. The van der Waals surface area contributed by atoms with Crippen LogP contribution in [0, 0.1) is 0 Å². The first kappa shape index (κ1) is 15.6. The van der Waals surface area contributed by atoms with Gasteiger partial charge >= 0.3 is 0 Å². The van der Waals surface area contributed by atoms with Crippen molar-refractivity contribution in [1.29, 1.82) is 0 Å². The molecule has 20 heavy (non-hydrogen) atoms. The molecule has 3 N–H and O–H groups in total. The van der Waals surface area contributed by atoms with E-state index in [1.165, 1.54) is 22.5 Å². The van der Waals surface area contributed by atoms with E-state index in [0.29, 0.717) is 18.7 Å². The molecule has 1 unspecified atom stereocenters. The highest BCUT2D eigenvalue weighted by Gasteiger charge is 2.33. The van der Waals surface area contributed by atoms with Crippen molar-refractivity contribution in [3.63, 3.8) is 0 Å². The number of benzene rings is 1. The number of nitrogens with zero attached hydrogens (tertiary/aromatic N) is 1. The van der Waals surface area contributed by atoms with Gasteiger partial charge in [0.2, 0.25) is 10.0 Å². The predicted octanol–water partition coefficient (Wildman–Crippen LogP) is 1.85. The zero-order valence-electron chi connectivity index (χ0n) is 11.1. The molecule has 1 aromatic carbocycles. The van der Waals surface area contributed by atoms with Crippen molar-refractivity contribution in [3.8, 4) is 0 Å². The van der Waals surface area contributed by atoms with Gasteiger partial charge in [0.15, 0.2) is 0 Å². The Kier molecular flexibility index (Phi) is 4.90. The first-order chi connectivity index (χ1) is 9.46. The van der Waals surface area contributed by atoms with E-state index in [1.807, 2.05) is 0 Å². The van der Waals surface area contributed by atoms with E-state index < -0.39 is 10.0 Å². The molecule has 0 bridgehead atoms. The fourth-order valence-corrected chi connectivity index (χ4v) is 4.53. The summed E-state index contributed by atoms with van der Waals surface area (Å²) in [5, 5.41) is 9.33. The third-order valence-corrected chi connectivity index (χ3v) is 5.89. The molecular formula is C13H19ClN2O3S. The van der Waals surface area contributed by atoms with Crippen LogP contribution in [0.5, 0.6) is 0 Å². The number of anilines is 1. The first-order valence-electron chi connectivity index (χ1n) is 6.64. The summed E-state index contributed by atoms with van der Waals surface area (Å²) < 4.78 is 26.8. The van der Waals surface area contributed by atoms with Crippen molar-refractivity contribution in [2.24, 2.45) is 0 Å². The molecular weight excluding hydrogens is 300 g/mol. The van der Waals surface area contributed by atoms with Gasteiger partial charge in [-0.1, -0.05) is 18.0 Å². The van der Waals surface area contributed by atoms with Gasteiger partial charge in [-0.05, 0) is 37.5 Å². The van der Waals surface area contributed by atoms with Gasteiger partial charge in [0.05, 0.1) is 15.6 Å². The molecule has 2 rings (SSSR count). The predicted molar refractivity (Wildman–Crippen MR) is 79.1 cm³/mol. The molecule has 0 saturated carbocycles. The van der Waals surface area contributed by atoms with Crippen molar-refractivity contribution in [2.45, 2.75) is 36.6 Å². The summed E-state index contributed by atoms with van der Waals surface area (Å²) in [6.07, 6.45) is 3.06. The highest BCUT2D eigenvalue weighted by molar-refractivity contribution is 7.89. The van der Waals surface area contributed by atoms with E-state index in [2.05, 4.69) is 0 Å². The SMILES string of the molecule is Nc1ccc(S(=O)(=O)N2CCCCC2CCO)cc1Cl. The van der Waals surface area contributed by atoms with Crippen molar-refractivity contribution in [2.75, 3.05) is 18.9 Å². The quantitative estimate of drug-likeness (QED) is 0.830. The van der Waals surface area contributed by atoms with E-state index in [-0.39, 0.29) is 22.6 Å². The average molecular weight is 319 g/mol. The molecule has 0 radical (unpaired) electrons. The lowest BCUT2D eigenvalue weighted by Crippen LogP contribution is -2.44. The molecule has 1 aliphatic rings. The summed E-state index contributed by atoms with van der Waals surface area (Å²) in [6, 6.07) is 4.22. The molecule has 112 valence electrons. The van der Waals surface area contributed by atoms with Crippen LogP contribution in [0.15, 0.2) is 23.1 Å². The largest absolute Gasteiger partial charge is 0.398 e. The lowest BCUT2D eigenvalue weighted by molar-refractivity contribution is 0.192. The molecule has 1 atom stereocenters. The number of hydrogen-bond acceptors (Lipinski definition) is 4. The van der Waals surface area contributed by atoms with E-state index in [0.717, 1.165) is 19.3 Å². The van der Waals surface area contributed by atoms with E-state index in [4.69, 9.17) is 22.4 Å². The maximum absolute atomic E-state index is 12.7. The van der Waals surface area contributed by atoms with Gasteiger partial charge in [0.25, 0.3) is 0 Å². The maximum atomic E-state index is 12.7. The Hall–Kier alpha value is -0.820. The van der Waals surface area contributed by atoms with Gasteiger partial charge in [-0.25, -0.2) is 8.42 Å². The molecule has 1 fully saturated rings. The minimum absolute atomic E-state index is 0.0147. The molecule has 5 nitrogen and oxygen atoms in total. The van der Waals surface area contributed by atoms with Crippen LogP contribution in [0.3, 0.4) is 0 Å². The molecule has 0 spiro atoms. The summed E-state index contributed by atoms with van der Waals surface area (Å²) in [5.41, 5.74) is 5.97. The Morgan fingerprint density at radius 2 is 2.15 bits per heavy atom. The van der Waals surface area contributed by atoms with Crippen LogP contribution in [0.1, 0.15) is 25.7 Å².